The molecule has 1 aromatic heterocycles. The zero-order valence-corrected chi connectivity index (χ0v) is 18.1. The Morgan fingerprint density at radius 2 is 1.75 bits per heavy atom. The molecule has 5 heteroatoms. The Bertz CT molecular complexity index is 1240. The van der Waals surface area contributed by atoms with Gasteiger partial charge in [-0.2, -0.15) is 5.10 Å². The van der Waals surface area contributed by atoms with E-state index < -0.39 is 0 Å². The van der Waals surface area contributed by atoms with Crippen molar-refractivity contribution < 1.29 is 9.47 Å². The highest BCUT2D eigenvalue weighted by Gasteiger charge is 2.23. The molecule has 0 saturated carbocycles. The number of aromatic nitrogens is 2. The molecule has 5 nitrogen and oxygen atoms in total. The van der Waals surface area contributed by atoms with Crippen molar-refractivity contribution in [2.24, 2.45) is 0 Å². The van der Waals surface area contributed by atoms with E-state index in [1.165, 1.54) is 22.0 Å². The van der Waals surface area contributed by atoms with E-state index in [1.807, 2.05) is 18.2 Å². The fraction of sp³-hybridized carbons (Fsp3) is 0.296. The highest BCUT2D eigenvalue weighted by atomic mass is 16.7. The molecule has 0 unspecified atom stereocenters. The molecule has 1 saturated heterocycles. The van der Waals surface area contributed by atoms with E-state index in [2.05, 4.69) is 63.6 Å². The monoisotopic (exact) mass is 425 g/mol. The predicted molar refractivity (Wildman–Crippen MR) is 126 cm³/mol. The van der Waals surface area contributed by atoms with Crippen molar-refractivity contribution in [3.05, 3.63) is 78.0 Å². The zero-order chi connectivity index (χ0) is 21.3. The fourth-order valence-electron chi connectivity index (χ4n) is 5.01. The van der Waals surface area contributed by atoms with E-state index in [0.717, 1.165) is 61.7 Å². The third kappa shape index (κ3) is 3.73. The van der Waals surface area contributed by atoms with Gasteiger partial charge in [0.2, 0.25) is 6.79 Å². The summed E-state index contributed by atoms with van der Waals surface area (Å²) in [5, 5.41) is 10.6. The third-order valence-electron chi connectivity index (χ3n) is 6.87. The maximum absolute atomic E-state index is 5.51. The lowest BCUT2D eigenvalue weighted by molar-refractivity contribution is 0.174. The number of hydrogen-bond acceptors (Lipinski definition) is 4. The minimum Gasteiger partial charge on any atom is -0.454 e. The summed E-state index contributed by atoms with van der Waals surface area (Å²) in [6, 6.07) is 23.6. The standard InChI is InChI=1S/C27H27N3O2/c1-2-7-23-19(4-1)5-3-6-20(23)10-13-30-14-11-21(12-15-30)24-17-25(29-28-24)22-8-9-26-27(16-22)32-18-31-26/h1-9,16-17,21H,10-15,18H2,(H,28,29). The average molecular weight is 426 g/mol. The molecule has 0 bridgehead atoms. The first-order chi connectivity index (χ1) is 15.8. The van der Waals surface area contributed by atoms with E-state index in [-0.39, 0.29) is 0 Å². The molecule has 3 aromatic carbocycles. The molecular weight excluding hydrogens is 398 g/mol. The number of nitrogens with zero attached hydrogens (tertiary/aromatic N) is 2. The average Bonchev–Trinajstić information content (AvgIpc) is 3.52. The molecule has 2 aliphatic rings. The van der Waals surface area contributed by atoms with Crippen LogP contribution < -0.4 is 9.47 Å². The molecule has 3 heterocycles. The van der Waals surface area contributed by atoms with Gasteiger partial charge in [-0.15, -0.1) is 0 Å². The van der Waals surface area contributed by atoms with Crippen LogP contribution in [0, 0.1) is 0 Å². The summed E-state index contributed by atoms with van der Waals surface area (Å²) in [6.07, 6.45) is 3.43. The molecule has 1 N–H and O–H groups in total. The molecule has 32 heavy (non-hydrogen) atoms. The molecule has 4 aromatic rings. The minimum absolute atomic E-state index is 0.295. The van der Waals surface area contributed by atoms with Gasteiger partial charge in [-0.25, -0.2) is 0 Å². The third-order valence-corrected chi connectivity index (χ3v) is 6.87. The van der Waals surface area contributed by atoms with E-state index >= 15 is 0 Å². The number of fused-ring (bicyclic) bond motifs is 2. The molecule has 162 valence electrons. The minimum atomic E-state index is 0.295. The lowest BCUT2D eigenvalue weighted by Gasteiger charge is -2.31. The maximum atomic E-state index is 5.51. The van der Waals surface area contributed by atoms with Crippen LogP contribution in [0.1, 0.15) is 30.0 Å². The lowest BCUT2D eigenvalue weighted by Crippen LogP contribution is -2.34. The van der Waals surface area contributed by atoms with Gasteiger partial charge in [0.25, 0.3) is 0 Å². The van der Waals surface area contributed by atoms with Crippen molar-refractivity contribution >= 4 is 10.8 Å². The summed E-state index contributed by atoms with van der Waals surface area (Å²) in [6.45, 7) is 3.68. The largest absolute Gasteiger partial charge is 0.454 e. The number of benzene rings is 3. The Morgan fingerprint density at radius 3 is 2.69 bits per heavy atom. The summed E-state index contributed by atoms with van der Waals surface area (Å²) >= 11 is 0. The van der Waals surface area contributed by atoms with Gasteiger partial charge in [0, 0.05) is 23.7 Å². The second kappa shape index (κ2) is 8.32. The summed E-state index contributed by atoms with van der Waals surface area (Å²) < 4.78 is 10.9. The molecule has 0 atom stereocenters. The van der Waals surface area contributed by atoms with Gasteiger partial charge in [0.15, 0.2) is 11.5 Å². The first-order valence-electron chi connectivity index (χ1n) is 11.5. The molecular formula is C27H27N3O2. The number of aromatic amines is 1. The first kappa shape index (κ1) is 19.4. The van der Waals surface area contributed by atoms with Crippen LogP contribution in [0.25, 0.3) is 22.0 Å². The number of rotatable bonds is 5. The first-order valence-corrected chi connectivity index (χ1v) is 11.5. The maximum Gasteiger partial charge on any atom is 0.231 e. The van der Waals surface area contributed by atoms with E-state index in [4.69, 9.17) is 9.47 Å². The molecule has 2 aliphatic heterocycles. The molecule has 1 fully saturated rings. The summed E-state index contributed by atoms with van der Waals surface area (Å²) in [5.74, 6) is 2.14. The second-order valence-electron chi connectivity index (χ2n) is 8.78. The Morgan fingerprint density at radius 1 is 0.906 bits per heavy atom. The van der Waals surface area contributed by atoms with Gasteiger partial charge >= 0.3 is 0 Å². The van der Waals surface area contributed by atoms with Crippen molar-refractivity contribution in [1.82, 2.24) is 15.1 Å². The Labute approximate surface area is 188 Å². The second-order valence-corrected chi connectivity index (χ2v) is 8.78. The van der Waals surface area contributed by atoms with Crippen molar-refractivity contribution in [2.75, 3.05) is 26.4 Å². The van der Waals surface area contributed by atoms with Crippen molar-refractivity contribution in [3.63, 3.8) is 0 Å². The fourth-order valence-corrected chi connectivity index (χ4v) is 5.01. The summed E-state index contributed by atoms with van der Waals surface area (Å²) in [5.41, 5.74) is 4.72. The molecule has 0 aliphatic carbocycles. The molecule has 0 amide bonds. The van der Waals surface area contributed by atoms with Crippen molar-refractivity contribution in [3.8, 4) is 22.8 Å². The van der Waals surface area contributed by atoms with Crippen molar-refractivity contribution in [2.45, 2.75) is 25.2 Å². The summed E-state index contributed by atoms with van der Waals surface area (Å²) in [4.78, 5) is 2.60. The number of ether oxygens (including phenoxy) is 2. The summed E-state index contributed by atoms with van der Waals surface area (Å²) in [7, 11) is 0. The van der Waals surface area contributed by atoms with Gasteiger partial charge in [-0.1, -0.05) is 42.5 Å². The molecule has 6 rings (SSSR count). The van der Waals surface area contributed by atoms with E-state index in [1.54, 1.807) is 0 Å². The predicted octanol–water partition coefficient (Wildman–Crippen LogP) is 5.38. The van der Waals surface area contributed by atoms with Crippen LogP contribution in [-0.2, 0) is 6.42 Å². The lowest BCUT2D eigenvalue weighted by atomic mass is 9.92. The zero-order valence-electron chi connectivity index (χ0n) is 18.1. The number of likely N-dealkylation sites (tertiary alicyclic amines) is 1. The van der Waals surface area contributed by atoms with Crippen LogP contribution in [0.3, 0.4) is 0 Å². The van der Waals surface area contributed by atoms with Crippen LogP contribution >= 0.6 is 0 Å². The quantitative estimate of drug-likeness (QED) is 0.466. The van der Waals surface area contributed by atoms with E-state index in [9.17, 15) is 0 Å². The Hall–Kier alpha value is -3.31. The smallest absolute Gasteiger partial charge is 0.231 e. The van der Waals surface area contributed by atoms with Crippen LogP contribution in [0.5, 0.6) is 11.5 Å². The number of H-pyrrole nitrogens is 1. The molecule has 0 radical (unpaired) electrons. The van der Waals surface area contributed by atoms with Gasteiger partial charge in [-0.05, 0) is 73.0 Å². The van der Waals surface area contributed by atoms with Gasteiger partial charge in [-0.3, -0.25) is 5.10 Å². The Balaban J connectivity index is 1.07. The SMILES string of the molecule is c1ccc2c(CCN3CCC(c4cc(-c5ccc6c(c5)OCO6)n[nH]4)CC3)cccc2c1. The van der Waals surface area contributed by atoms with Crippen LogP contribution in [-0.4, -0.2) is 41.5 Å². The van der Waals surface area contributed by atoms with Crippen LogP contribution in [0.4, 0.5) is 0 Å². The Kier molecular flexibility index (Phi) is 5.04. The van der Waals surface area contributed by atoms with E-state index in [0.29, 0.717) is 12.7 Å². The number of piperidine rings is 1. The van der Waals surface area contributed by atoms with Gasteiger partial charge < -0.3 is 14.4 Å². The highest BCUT2D eigenvalue weighted by molar-refractivity contribution is 5.85. The number of nitrogens with one attached hydrogen (secondary N) is 1. The van der Waals surface area contributed by atoms with Crippen LogP contribution in [0.2, 0.25) is 0 Å². The topological polar surface area (TPSA) is 50.4 Å². The number of hydrogen-bond donors (Lipinski definition) is 1. The normalized spacial score (nSPS) is 16.6. The highest BCUT2D eigenvalue weighted by Crippen LogP contribution is 2.36. The van der Waals surface area contributed by atoms with Gasteiger partial charge in [0.1, 0.15) is 0 Å². The van der Waals surface area contributed by atoms with Crippen molar-refractivity contribution in [1.29, 1.82) is 0 Å². The van der Waals surface area contributed by atoms with Gasteiger partial charge in [0.05, 0.1) is 5.69 Å². The molecule has 0 spiro atoms. The van der Waals surface area contributed by atoms with Crippen LogP contribution in [0.15, 0.2) is 66.7 Å².